The van der Waals surface area contributed by atoms with Crippen LogP contribution < -0.4 is 0 Å². The van der Waals surface area contributed by atoms with Crippen LogP contribution in [-0.2, 0) is 11.3 Å². The van der Waals surface area contributed by atoms with Gasteiger partial charge in [-0.05, 0) is 39.5 Å². The molecule has 5 nitrogen and oxygen atoms in total. The third-order valence-corrected chi connectivity index (χ3v) is 7.71. The standard InChI is InChI=1S/C17H17BrN4OS3/c18-14-2-1-12(26-14)9-21-4-6-22(7-5-21)15(23)10-25-17-13-3-8-24-16(13)19-11-20-17/h1-3,8,11H,4-7,9-10H2. The van der Waals surface area contributed by atoms with E-state index in [0.29, 0.717) is 5.75 Å². The lowest BCUT2D eigenvalue weighted by atomic mass is 10.3. The van der Waals surface area contributed by atoms with Gasteiger partial charge < -0.3 is 4.90 Å². The molecule has 0 radical (unpaired) electrons. The second-order valence-electron chi connectivity index (χ2n) is 5.97. The van der Waals surface area contributed by atoms with Crippen molar-refractivity contribution in [3.8, 4) is 0 Å². The van der Waals surface area contributed by atoms with Crippen molar-refractivity contribution in [1.82, 2.24) is 19.8 Å². The van der Waals surface area contributed by atoms with Crippen LogP contribution in [0.1, 0.15) is 4.88 Å². The molecule has 0 atom stereocenters. The first-order valence-corrected chi connectivity index (χ1v) is 11.7. The van der Waals surface area contributed by atoms with E-state index in [4.69, 9.17) is 0 Å². The van der Waals surface area contributed by atoms with Crippen molar-refractivity contribution in [2.45, 2.75) is 11.6 Å². The van der Waals surface area contributed by atoms with Crippen molar-refractivity contribution in [1.29, 1.82) is 0 Å². The number of carbonyl (C=O) groups is 1. The second kappa shape index (κ2) is 8.35. The van der Waals surface area contributed by atoms with Crippen LogP contribution in [-0.4, -0.2) is 57.6 Å². The maximum atomic E-state index is 12.6. The summed E-state index contributed by atoms with van der Waals surface area (Å²) in [6.45, 7) is 4.40. The number of hydrogen-bond acceptors (Lipinski definition) is 7. The Kier molecular flexibility index (Phi) is 5.90. The molecule has 3 aromatic heterocycles. The quantitative estimate of drug-likeness (QED) is 0.419. The fourth-order valence-corrected chi connectivity index (χ4v) is 6.12. The predicted molar refractivity (Wildman–Crippen MR) is 112 cm³/mol. The highest BCUT2D eigenvalue weighted by Gasteiger charge is 2.22. The molecule has 0 aliphatic carbocycles. The molecule has 0 aromatic carbocycles. The number of halogens is 1. The largest absolute Gasteiger partial charge is 0.339 e. The van der Waals surface area contributed by atoms with Crippen LogP contribution in [0.5, 0.6) is 0 Å². The highest BCUT2D eigenvalue weighted by atomic mass is 79.9. The number of carbonyl (C=O) groups excluding carboxylic acids is 1. The van der Waals surface area contributed by atoms with Gasteiger partial charge in [-0.3, -0.25) is 9.69 Å². The Morgan fingerprint density at radius 2 is 2.04 bits per heavy atom. The third kappa shape index (κ3) is 4.28. The van der Waals surface area contributed by atoms with Gasteiger partial charge in [-0.15, -0.1) is 22.7 Å². The molecule has 1 aliphatic heterocycles. The van der Waals surface area contributed by atoms with E-state index >= 15 is 0 Å². The summed E-state index contributed by atoms with van der Waals surface area (Å²) in [6.07, 6.45) is 1.58. The van der Waals surface area contributed by atoms with Crippen molar-refractivity contribution in [3.05, 3.63) is 38.6 Å². The summed E-state index contributed by atoms with van der Waals surface area (Å²) in [5.74, 6) is 0.621. The van der Waals surface area contributed by atoms with Gasteiger partial charge in [0.2, 0.25) is 5.91 Å². The lowest BCUT2D eigenvalue weighted by Gasteiger charge is -2.34. The molecule has 0 saturated carbocycles. The van der Waals surface area contributed by atoms with E-state index < -0.39 is 0 Å². The molecular formula is C17H17BrN4OS3. The summed E-state index contributed by atoms with van der Waals surface area (Å²) >= 11 is 8.40. The molecule has 26 heavy (non-hydrogen) atoms. The number of fused-ring (bicyclic) bond motifs is 1. The smallest absolute Gasteiger partial charge is 0.233 e. The van der Waals surface area contributed by atoms with Gasteiger partial charge >= 0.3 is 0 Å². The number of rotatable bonds is 5. The average molecular weight is 469 g/mol. The molecule has 1 saturated heterocycles. The molecular weight excluding hydrogens is 452 g/mol. The number of amides is 1. The summed E-state index contributed by atoms with van der Waals surface area (Å²) in [5, 5.41) is 3.95. The predicted octanol–water partition coefficient (Wildman–Crippen LogP) is 3.95. The Balaban J connectivity index is 1.28. The van der Waals surface area contributed by atoms with E-state index in [9.17, 15) is 4.79 Å². The van der Waals surface area contributed by atoms with Crippen LogP contribution in [0.25, 0.3) is 10.2 Å². The van der Waals surface area contributed by atoms with Crippen LogP contribution in [0.3, 0.4) is 0 Å². The summed E-state index contributed by atoms with van der Waals surface area (Å²) in [7, 11) is 0. The second-order valence-corrected chi connectivity index (χ2v) is 10.4. The average Bonchev–Trinajstić information content (AvgIpc) is 3.29. The fraction of sp³-hybridized carbons (Fsp3) is 0.353. The van der Waals surface area contributed by atoms with Crippen molar-refractivity contribution in [3.63, 3.8) is 0 Å². The molecule has 0 bridgehead atoms. The van der Waals surface area contributed by atoms with E-state index in [1.807, 2.05) is 16.3 Å². The number of thiophene rings is 2. The molecule has 9 heteroatoms. The molecule has 4 heterocycles. The zero-order chi connectivity index (χ0) is 17.9. The van der Waals surface area contributed by atoms with Crippen molar-refractivity contribution in [2.75, 3.05) is 31.9 Å². The number of aromatic nitrogens is 2. The van der Waals surface area contributed by atoms with Gasteiger partial charge in [0.1, 0.15) is 16.2 Å². The van der Waals surface area contributed by atoms with Gasteiger partial charge in [-0.1, -0.05) is 11.8 Å². The van der Waals surface area contributed by atoms with Crippen LogP contribution >= 0.6 is 50.4 Å². The molecule has 0 unspecified atom stereocenters. The maximum Gasteiger partial charge on any atom is 0.233 e. The number of piperazine rings is 1. The minimum atomic E-state index is 0.190. The van der Waals surface area contributed by atoms with Gasteiger partial charge in [0.05, 0.1) is 9.54 Å². The Morgan fingerprint density at radius 1 is 1.19 bits per heavy atom. The molecule has 1 aliphatic rings. The molecule has 136 valence electrons. The van der Waals surface area contributed by atoms with E-state index in [-0.39, 0.29) is 5.91 Å². The third-order valence-electron chi connectivity index (χ3n) is 4.29. The highest BCUT2D eigenvalue weighted by Crippen LogP contribution is 2.28. The Hall–Kier alpha value is -1.000. The Morgan fingerprint density at radius 3 is 2.81 bits per heavy atom. The Bertz CT molecular complexity index is 904. The molecule has 1 amide bonds. The van der Waals surface area contributed by atoms with Crippen molar-refractivity contribution in [2.24, 2.45) is 0 Å². The topological polar surface area (TPSA) is 49.3 Å². The van der Waals surface area contributed by atoms with Crippen LogP contribution in [0.15, 0.2) is 38.7 Å². The number of thioether (sulfide) groups is 1. The first-order valence-electron chi connectivity index (χ1n) is 8.24. The Labute approximate surface area is 172 Å². The van der Waals surface area contributed by atoms with Gasteiger partial charge in [0.25, 0.3) is 0 Å². The molecule has 4 rings (SSSR count). The van der Waals surface area contributed by atoms with Gasteiger partial charge in [-0.25, -0.2) is 9.97 Å². The van der Waals surface area contributed by atoms with Crippen molar-refractivity contribution >= 4 is 66.5 Å². The fourth-order valence-electron chi connectivity index (χ4n) is 2.92. The normalized spacial score (nSPS) is 15.7. The summed E-state index contributed by atoms with van der Waals surface area (Å²) in [4.78, 5) is 27.9. The van der Waals surface area contributed by atoms with Gasteiger partial charge in [-0.2, -0.15) is 0 Å². The highest BCUT2D eigenvalue weighted by molar-refractivity contribution is 9.11. The molecule has 0 N–H and O–H groups in total. The van der Waals surface area contributed by atoms with Crippen LogP contribution in [0, 0.1) is 0 Å². The lowest BCUT2D eigenvalue weighted by molar-refractivity contribution is -0.130. The zero-order valence-electron chi connectivity index (χ0n) is 13.9. The lowest BCUT2D eigenvalue weighted by Crippen LogP contribution is -2.48. The molecule has 3 aromatic rings. The summed E-state index contributed by atoms with van der Waals surface area (Å²) < 4.78 is 1.17. The van der Waals surface area contributed by atoms with E-state index in [1.54, 1.807) is 29.0 Å². The first kappa shape index (κ1) is 18.4. The maximum absolute atomic E-state index is 12.6. The minimum absolute atomic E-state index is 0.190. The zero-order valence-corrected chi connectivity index (χ0v) is 18.0. The first-order chi connectivity index (χ1) is 12.7. The molecule has 0 spiro atoms. The van der Waals surface area contributed by atoms with E-state index in [2.05, 4.69) is 42.9 Å². The minimum Gasteiger partial charge on any atom is -0.339 e. The van der Waals surface area contributed by atoms with Crippen molar-refractivity contribution < 1.29 is 4.79 Å². The summed E-state index contributed by atoms with van der Waals surface area (Å²) in [5.41, 5.74) is 0. The number of hydrogen-bond donors (Lipinski definition) is 0. The molecule has 1 fully saturated rings. The van der Waals surface area contributed by atoms with E-state index in [0.717, 1.165) is 48.0 Å². The van der Waals surface area contributed by atoms with E-state index in [1.165, 1.54) is 20.4 Å². The van der Waals surface area contributed by atoms with Gasteiger partial charge in [0.15, 0.2) is 0 Å². The SMILES string of the molecule is O=C(CSc1ncnc2sccc12)N1CCN(Cc2ccc(Br)s2)CC1. The number of nitrogens with zero attached hydrogens (tertiary/aromatic N) is 4. The van der Waals surface area contributed by atoms with Crippen LogP contribution in [0.2, 0.25) is 0 Å². The summed E-state index contributed by atoms with van der Waals surface area (Å²) in [6, 6.07) is 6.28. The van der Waals surface area contributed by atoms with Gasteiger partial charge in [0, 0.05) is 43.0 Å². The van der Waals surface area contributed by atoms with Crippen LogP contribution in [0.4, 0.5) is 0 Å². The monoisotopic (exact) mass is 468 g/mol.